The molecule has 1 heterocycles. The Labute approximate surface area is 68.0 Å². The van der Waals surface area contributed by atoms with Crippen molar-refractivity contribution >= 4 is 0 Å². The van der Waals surface area contributed by atoms with Gasteiger partial charge in [-0.2, -0.15) is 0 Å². The lowest BCUT2D eigenvalue weighted by Crippen LogP contribution is -2.19. The second kappa shape index (κ2) is 4.19. The fourth-order valence-corrected chi connectivity index (χ4v) is 1.08. The van der Waals surface area contributed by atoms with Gasteiger partial charge in [-0.1, -0.05) is 6.92 Å². The van der Waals surface area contributed by atoms with Crippen LogP contribution in [-0.2, 0) is 0 Å². The zero-order chi connectivity index (χ0) is 8.10. The molecule has 0 saturated heterocycles. The molecule has 2 heteroatoms. The maximum Gasteiger partial charge on any atom is 0.0444 e. The van der Waals surface area contributed by atoms with Crippen LogP contribution in [0.25, 0.3) is 0 Å². The predicted molar refractivity (Wildman–Crippen MR) is 47.5 cm³/mol. The van der Waals surface area contributed by atoms with Gasteiger partial charge in [-0.15, -0.1) is 0 Å². The summed E-state index contributed by atoms with van der Waals surface area (Å²) in [7, 11) is 0. The van der Waals surface area contributed by atoms with Crippen molar-refractivity contribution in [3.05, 3.63) is 24.0 Å². The van der Waals surface area contributed by atoms with Crippen LogP contribution < -0.4 is 5.32 Å². The number of aromatic amines is 1. The van der Waals surface area contributed by atoms with E-state index in [1.54, 1.807) is 0 Å². The summed E-state index contributed by atoms with van der Waals surface area (Å²) in [5.74, 6) is 0. The first-order valence-electron chi connectivity index (χ1n) is 4.21. The van der Waals surface area contributed by atoms with Crippen molar-refractivity contribution in [3.63, 3.8) is 0 Å². The van der Waals surface area contributed by atoms with Crippen molar-refractivity contribution in [1.82, 2.24) is 10.3 Å². The highest BCUT2D eigenvalue weighted by Crippen LogP contribution is 2.07. The van der Waals surface area contributed by atoms with Crippen molar-refractivity contribution in [2.75, 3.05) is 6.54 Å². The van der Waals surface area contributed by atoms with E-state index in [9.17, 15) is 0 Å². The van der Waals surface area contributed by atoms with E-state index >= 15 is 0 Å². The van der Waals surface area contributed by atoms with Gasteiger partial charge in [0.2, 0.25) is 0 Å². The third-order valence-electron chi connectivity index (χ3n) is 1.79. The predicted octanol–water partition coefficient (Wildman–Crippen LogP) is 2.08. The van der Waals surface area contributed by atoms with Crippen LogP contribution in [-0.4, -0.2) is 11.5 Å². The Kier molecular flexibility index (Phi) is 3.17. The van der Waals surface area contributed by atoms with E-state index in [4.69, 9.17) is 0 Å². The Bertz CT molecular complexity index is 179. The molecule has 1 atom stereocenters. The lowest BCUT2D eigenvalue weighted by atomic mass is 10.2. The first-order chi connectivity index (χ1) is 5.34. The molecular weight excluding hydrogens is 136 g/mol. The third kappa shape index (κ3) is 2.39. The number of rotatable bonds is 4. The normalized spacial score (nSPS) is 13.3. The van der Waals surface area contributed by atoms with Gasteiger partial charge in [0, 0.05) is 17.9 Å². The van der Waals surface area contributed by atoms with Crippen molar-refractivity contribution in [2.45, 2.75) is 26.3 Å². The number of H-pyrrole nitrogens is 1. The van der Waals surface area contributed by atoms with Crippen molar-refractivity contribution < 1.29 is 0 Å². The Morgan fingerprint density at radius 2 is 2.45 bits per heavy atom. The molecule has 0 saturated carbocycles. The van der Waals surface area contributed by atoms with Gasteiger partial charge in [-0.05, 0) is 32.0 Å². The van der Waals surface area contributed by atoms with E-state index in [0.29, 0.717) is 6.04 Å². The molecule has 0 aliphatic carbocycles. The molecule has 1 aromatic heterocycles. The molecule has 62 valence electrons. The summed E-state index contributed by atoms with van der Waals surface area (Å²) in [4.78, 5) is 3.18. The number of hydrogen-bond acceptors (Lipinski definition) is 1. The van der Waals surface area contributed by atoms with E-state index in [0.717, 1.165) is 6.54 Å². The van der Waals surface area contributed by atoms with Crippen LogP contribution in [0.5, 0.6) is 0 Å². The number of hydrogen-bond donors (Lipinski definition) is 2. The van der Waals surface area contributed by atoms with Crippen molar-refractivity contribution in [2.24, 2.45) is 0 Å². The molecule has 1 rings (SSSR count). The molecule has 0 amide bonds. The summed E-state index contributed by atoms with van der Waals surface area (Å²) in [5.41, 5.74) is 1.26. The Morgan fingerprint density at radius 3 is 3.00 bits per heavy atom. The van der Waals surface area contributed by atoms with Gasteiger partial charge in [0.25, 0.3) is 0 Å². The molecule has 2 N–H and O–H groups in total. The van der Waals surface area contributed by atoms with E-state index in [1.807, 2.05) is 12.3 Å². The molecule has 0 aromatic carbocycles. The minimum absolute atomic E-state index is 0.449. The third-order valence-corrected chi connectivity index (χ3v) is 1.79. The smallest absolute Gasteiger partial charge is 0.0444 e. The molecule has 0 aliphatic rings. The van der Waals surface area contributed by atoms with Gasteiger partial charge in [-0.25, -0.2) is 0 Å². The molecule has 0 fully saturated rings. The van der Waals surface area contributed by atoms with Crippen LogP contribution >= 0.6 is 0 Å². The van der Waals surface area contributed by atoms with Crippen LogP contribution in [0.2, 0.25) is 0 Å². The first kappa shape index (κ1) is 8.34. The van der Waals surface area contributed by atoms with E-state index in [-0.39, 0.29) is 0 Å². The summed E-state index contributed by atoms with van der Waals surface area (Å²) < 4.78 is 0. The zero-order valence-corrected chi connectivity index (χ0v) is 7.22. The molecule has 1 unspecified atom stereocenters. The molecule has 0 bridgehead atoms. The second-order valence-corrected chi connectivity index (χ2v) is 2.80. The quantitative estimate of drug-likeness (QED) is 0.679. The number of nitrogens with one attached hydrogen (secondary N) is 2. The van der Waals surface area contributed by atoms with Crippen LogP contribution in [0.4, 0.5) is 0 Å². The molecular formula is C9H16N2. The molecule has 11 heavy (non-hydrogen) atoms. The summed E-state index contributed by atoms with van der Waals surface area (Å²) in [6.45, 7) is 5.43. The highest BCUT2D eigenvalue weighted by Gasteiger charge is 2.02. The maximum atomic E-state index is 3.40. The maximum absolute atomic E-state index is 3.40. The van der Waals surface area contributed by atoms with Crippen LogP contribution in [0, 0.1) is 0 Å². The van der Waals surface area contributed by atoms with Crippen LogP contribution in [0.15, 0.2) is 18.3 Å². The fraction of sp³-hybridized carbons (Fsp3) is 0.556. The summed E-state index contributed by atoms with van der Waals surface area (Å²) in [5, 5.41) is 3.40. The van der Waals surface area contributed by atoms with Gasteiger partial charge in [0.05, 0.1) is 0 Å². The van der Waals surface area contributed by atoms with Gasteiger partial charge in [0.1, 0.15) is 0 Å². The second-order valence-electron chi connectivity index (χ2n) is 2.80. The Morgan fingerprint density at radius 1 is 1.64 bits per heavy atom. The van der Waals surface area contributed by atoms with Gasteiger partial charge in [0.15, 0.2) is 0 Å². The highest BCUT2D eigenvalue weighted by atomic mass is 14.9. The Balaban J connectivity index is 2.36. The molecule has 2 nitrogen and oxygen atoms in total. The lowest BCUT2D eigenvalue weighted by Gasteiger charge is -2.10. The van der Waals surface area contributed by atoms with Crippen LogP contribution in [0.3, 0.4) is 0 Å². The van der Waals surface area contributed by atoms with Crippen molar-refractivity contribution in [1.29, 1.82) is 0 Å². The summed E-state index contributed by atoms with van der Waals surface area (Å²) in [6.07, 6.45) is 3.14. The molecule has 0 spiro atoms. The van der Waals surface area contributed by atoms with E-state index < -0.39 is 0 Å². The van der Waals surface area contributed by atoms with Gasteiger partial charge < -0.3 is 10.3 Å². The van der Waals surface area contributed by atoms with Gasteiger partial charge >= 0.3 is 0 Å². The largest absolute Gasteiger partial charge is 0.364 e. The van der Waals surface area contributed by atoms with Crippen molar-refractivity contribution in [3.8, 4) is 0 Å². The molecule has 1 aromatic rings. The van der Waals surface area contributed by atoms with Gasteiger partial charge in [-0.3, -0.25) is 0 Å². The molecule has 0 radical (unpaired) electrons. The van der Waals surface area contributed by atoms with E-state index in [2.05, 4.69) is 30.2 Å². The fourth-order valence-electron chi connectivity index (χ4n) is 1.08. The monoisotopic (exact) mass is 152 g/mol. The SMILES string of the molecule is CCCNC(C)c1ccc[nH]1. The topological polar surface area (TPSA) is 27.8 Å². The van der Waals surface area contributed by atoms with Crippen LogP contribution in [0.1, 0.15) is 32.0 Å². The Hall–Kier alpha value is -0.760. The lowest BCUT2D eigenvalue weighted by molar-refractivity contribution is 0.561. The average molecular weight is 152 g/mol. The summed E-state index contributed by atoms with van der Waals surface area (Å²) >= 11 is 0. The molecule has 0 aliphatic heterocycles. The first-order valence-corrected chi connectivity index (χ1v) is 4.21. The number of aromatic nitrogens is 1. The van der Waals surface area contributed by atoms with E-state index in [1.165, 1.54) is 12.1 Å². The average Bonchev–Trinajstić information content (AvgIpc) is 2.52. The standard InChI is InChI=1S/C9H16N2/c1-3-6-10-8(2)9-5-4-7-11-9/h4-5,7-8,10-11H,3,6H2,1-2H3. The minimum Gasteiger partial charge on any atom is -0.364 e. The minimum atomic E-state index is 0.449. The zero-order valence-electron chi connectivity index (χ0n) is 7.22. The highest BCUT2D eigenvalue weighted by molar-refractivity contribution is 5.07. The summed E-state index contributed by atoms with van der Waals surface area (Å²) in [6, 6.07) is 4.58.